The molecule has 0 atom stereocenters. The lowest BCUT2D eigenvalue weighted by atomic mass is 10.2. The van der Waals surface area contributed by atoms with Crippen molar-refractivity contribution >= 4 is 32.7 Å². The number of nitrogen functional groups attached to an aromatic ring is 1. The summed E-state index contributed by atoms with van der Waals surface area (Å²) in [6.45, 7) is 2.09. The normalized spacial score (nSPS) is 17.3. The first kappa shape index (κ1) is 14.0. The summed E-state index contributed by atoms with van der Waals surface area (Å²) >= 11 is 0. The van der Waals surface area contributed by atoms with Crippen molar-refractivity contribution in [2.24, 2.45) is 0 Å². The van der Waals surface area contributed by atoms with Gasteiger partial charge in [0.15, 0.2) is 0 Å². The maximum Gasteiger partial charge on any atom is 0.222 e. The van der Waals surface area contributed by atoms with Gasteiger partial charge in [0.05, 0.1) is 11.8 Å². The van der Waals surface area contributed by atoms with Crippen molar-refractivity contribution in [2.45, 2.75) is 0 Å². The maximum atomic E-state index is 11.6. The van der Waals surface area contributed by atoms with Gasteiger partial charge in [-0.25, -0.2) is 13.4 Å². The summed E-state index contributed by atoms with van der Waals surface area (Å²) in [5.41, 5.74) is 6.57. The van der Waals surface area contributed by atoms with Crippen molar-refractivity contribution in [3.8, 4) is 0 Å². The zero-order chi connectivity index (χ0) is 15.0. The van der Waals surface area contributed by atoms with E-state index in [2.05, 4.69) is 14.9 Å². The molecule has 1 aromatic carbocycles. The second-order valence-electron chi connectivity index (χ2n) is 5.07. The van der Waals surface area contributed by atoms with Crippen molar-refractivity contribution in [3.63, 3.8) is 0 Å². The zero-order valence-corrected chi connectivity index (χ0v) is 12.5. The number of hydrogen-bond donors (Lipinski definition) is 1. The van der Waals surface area contributed by atoms with Gasteiger partial charge in [-0.05, 0) is 12.1 Å². The molecule has 0 bridgehead atoms. The molecule has 0 saturated carbocycles. The van der Waals surface area contributed by atoms with Crippen LogP contribution in [0.25, 0.3) is 10.9 Å². The molecule has 2 heterocycles. The highest BCUT2D eigenvalue weighted by molar-refractivity contribution is 7.88. The first-order chi connectivity index (χ1) is 9.95. The van der Waals surface area contributed by atoms with Crippen molar-refractivity contribution in [2.75, 3.05) is 43.1 Å². The second-order valence-corrected chi connectivity index (χ2v) is 7.05. The lowest BCUT2D eigenvalue weighted by Gasteiger charge is -2.34. The van der Waals surface area contributed by atoms with E-state index in [4.69, 9.17) is 5.73 Å². The van der Waals surface area contributed by atoms with E-state index in [-0.39, 0.29) is 5.95 Å². The number of hydrogen-bond acceptors (Lipinski definition) is 6. The van der Waals surface area contributed by atoms with E-state index in [1.165, 1.54) is 10.6 Å². The number of benzene rings is 1. The van der Waals surface area contributed by atoms with Crippen LogP contribution in [0.2, 0.25) is 0 Å². The van der Waals surface area contributed by atoms with Crippen molar-refractivity contribution in [1.29, 1.82) is 0 Å². The highest BCUT2D eigenvalue weighted by Gasteiger charge is 2.25. The number of anilines is 2. The summed E-state index contributed by atoms with van der Waals surface area (Å²) in [7, 11) is -3.13. The zero-order valence-electron chi connectivity index (χ0n) is 11.7. The van der Waals surface area contributed by atoms with E-state index >= 15 is 0 Å². The lowest BCUT2D eigenvalue weighted by molar-refractivity contribution is 0.387. The highest BCUT2D eigenvalue weighted by atomic mass is 32.2. The number of aromatic nitrogens is 2. The van der Waals surface area contributed by atoms with Gasteiger partial charge in [0.1, 0.15) is 5.82 Å². The molecule has 0 amide bonds. The summed E-state index contributed by atoms with van der Waals surface area (Å²) in [6.07, 6.45) is 1.24. The maximum absolute atomic E-state index is 11.6. The van der Waals surface area contributed by atoms with Crippen LogP contribution < -0.4 is 10.6 Å². The third-order valence-electron chi connectivity index (χ3n) is 3.61. The van der Waals surface area contributed by atoms with Crippen LogP contribution in [0.4, 0.5) is 11.8 Å². The predicted molar refractivity (Wildman–Crippen MR) is 82.6 cm³/mol. The molecule has 2 aromatic rings. The SMILES string of the molecule is CS(=O)(=O)N1CCN(c2nc(N)nc3ccccc23)CC1. The molecule has 21 heavy (non-hydrogen) atoms. The molecule has 1 aliphatic heterocycles. The minimum Gasteiger partial charge on any atom is -0.368 e. The average Bonchev–Trinajstić information content (AvgIpc) is 2.45. The largest absolute Gasteiger partial charge is 0.368 e. The highest BCUT2D eigenvalue weighted by Crippen LogP contribution is 2.25. The second kappa shape index (κ2) is 5.12. The molecule has 0 spiro atoms. The van der Waals surface area contributed by atoms with Crippen LogP contribution in [0.3, 0.4) is 0 Å². The molecule has 0 aliphatic carbocycles. The van der Waals surface area contributed by atoms with Crippen LogP contribution in [0.5, 0.6) is 0 Å². The van der Waals surface area contributed by atoms with Crippen molar-refractivity contribution < 1.29 is 8.42 Å². The van der Waals surface area contributed by atoms with E-state index in [1.54, 1.807) is 0 Å². The molecule has 7 nitrogen and oxygen atoms in total. The number of rotatable bonds is 2. The number of piperazine rings is 1. The third kappa shape index (κ3) is 2.77. The Morgan fingerprint density at radius 1 is 1.10 bits per heavy atom. The van der Waals surface area contributed by atoms with Gasteiger partial charge in [0.2, 0.25) is 16.0 Å². The van der Waals surface area contributed by atoms with E-state index in [9.17, 15) is 8.42 Å². The molecular formula is C13H17N5O2S. The number of para-hydroxylation sites is 1. The van der Waals surface area contributed by atoms with Crippen LogP contribution >= 0.6 is 0 Å². The van der Waals surface area contributed by atoms with Crippen molar-refractivity contribution in [3.05, 3.63) is 24.3 Å². The Morgan fingerprint density at radius 3 is 2.43 bits per heavy atom. The van der Waals surface area contributed by atoms with Gasteiger partial charge in [-0.2, -0.15) is 9.29 Å². The van der Waals surface area contributed by atoms with Crippen LogP contribution in [0.1, 0.15) is 0 Å². The Balaban J connectivity index is 1.92. The van der Waals surface area contributed by atoms with Gasteiger partial charge < -0.3 is 10.6 Å². The van der Waals surface area contributed by atoms with E-state index in [0.717, 1.165) is 16.7 Å². The first-order valence-electron chi connectivity index (χ1n) is 6.67. The van der Waals surface area contributed by atoms with Crippen LogP contribution in [-0.4, -0.2) is 55.1 Å². The van der Waals surface area contributed by atoms with Gasteiger partial charge in [-0.1, -0.05) is 12.1 Å². The molecular weight excluding hydrogens is 290 g/mol. The summed E-state index contributed by atoms with van der Waals surface area (Å²) < 4.78 is 24.6. The minimum absolute atomic E-state index is 0.231. The molecule has 0 unspecified atom stereocenters. The summed E-state index contributed by atoms with van der Waals surface area (Å²) in [6, 6.07) is 7.68. The fourth-order valence-electron chi connectivity index (χ4n) is 2.55. The number of sulfonamides is 1. The minimum atomic E-state index is -3.13. The third-order valence-corrected chi connectivity index (χ3v) is 4.91. The molecule has 2 N–H and O–H groups in total. The smallest absolute Gasteiger partial charge is 0.222 e. The Labute approximate surface area is 123 Å². The van der Waals surface area contributed by atoms with Crippen LogP contribution in [-0.2, 0) is 10.0 Å². The quantitative estimate of drug-likeness (QED) is 0.857. The van der Waals surface area contributed by atoms with Gasteiger partial charge >= 0.3 is 0 Å². The standard InChI is InChI=1S/C13H17N5O2S/c1-21(19,20)18-8-6-17(7-9-18)12-10-4-2-3-5-11(10)15-13(14)16-12/h2-5H,6-9H2,1H3,(H2,14,15,16). The van der Waals surface area contributed by atoms with E-state index in [1.807, 2.05) is 24.3 Å². The van der Waals surface area contributed by atoms with Crippen LogP contribution in [0, 0.1) is 0 Å². The number of nitrogens with two attached hydrogens (primary N) is 1. The Bertz CT molecular complexity index is 769. The van der Waals surface area contributed by atoms with E-state index in [0.29, 0.717) is 26.2 Å². The van der Waals surface area contributed by atoms with Gasteiger partial charge in [-0.15, -0.1) is 0 Å². The fourth-order valence-corrected chi connectivity index (χ4v) is 3.38. The molecule has 112 valence electrons. The number of nitrogens with zero attached hydrogens (tertiary/aromatic N) is 4. The summed E-state index contributed by atoms with van der Waals surface area (Å²) in [4.78, 5) is 10.6. The summed E-state index contributed by atoms with van der Waals surface area (Å²) in [5.74, 6) is 1.00. The molecule has 3 rings (SSSR count). The monoisotopic (exact) mass is 307 g/mol. The molecule has 1 saturated heterocycles. The molecule has 8 heteroatoms. The number of fused-ring (bicyclic) bond motifs is 1. The Kier molecular flexibility index (Phi) is 3.42. The topological polar surface area (TPSA) is 92.4 Å². The molecule has 1 fully saturated rings. The predicted octanol–water partition coefficient (Wildman–Crippen LogP) is 0.294. The Morgan fingerprint density at radius 2 is 1.76 bits per heavy atom. The fraction of sp³-hybridized carbons (Fsp3) is 0.385. The first-order valence-corrected chi connectivity index (χ1v) is 8.52. The van der Waals surface area contributed by atoms with E-state index < -0.39 is 10.0 Å². The summed E-state index contributed by atoms with van der Waals surface area (Å²) in [5, 5.41) is 0.930. The van der Waals surface area contributed by atoms with Crippen molar-refractivity contribution in [1.82, 2.24) is 14.3 Å². The molecule has 0 radical (unpaired) electrons. The van der Waals surface area contributed by atoms with Gasteiger partial charge in [0.25, 0.3) is 0 Å². The molecule has 1 aliphatic rings. The average molecular weight is 307 g/mol. The van der Waals surface area contributed by atoms with Gasteiger partial charge in [-0.3, -0.25) is 0 Å². The molecule has 1 aromatic heterocycles. The Hall–Kier alpha value is -1.93. The lowest BCUT2D eigenvalue weighted by Crippen LogP contribution is -2.48. The van der Waals surface area contributed by atoms with Gasteiger partial charge in [0, 0.05) is 31.6 Å². The van der Waals surface area contributed by atoms with Crippen LogP contribution in [0.15, 0.2) is 24.3 Å².